The fourth-order valence-electron chi connectivity index (χ4n) is 3.19. The summed E-state index contributed by atoms with van der Waals surface area (Å²) in [5.74, 6) is 0.537. The third kappa shape index (κ3) is 4.09. The van der Waals surface area contributed by atoms with Gasteiger partial charge in [-0.05, 0) is 57.9 Å². The first-order valence-electron chi connectivity index (χ1n) is 7.74. The molecule has 1 atom stereocenters. The van der Waals surface area contributed by atoms with Crippen LogP contribution < -0.4 is 11.1 Å². The zero-order chi connectivity index (χ0) is 14.8. The molecule has 1 saturated carbocycles. The number of ether oxygens (including phenoxy) is 1. The lowest BCUT2D eigenvalue weighted by Gasteiger charge is -2.39. The highest BCUT2D eigenvalue weighted by atomic mass is 16.6. The van der Waals surface area contributed by atoms with E-state index in [0.717, 1.165) is 26.2 Å². The van der Waals surface area contributed by atoms with Crippen LogP contribution in [0.2, 0.25) is 0 Å². The number of piperidine rings is 1. The molecule has 0 aromatic heterocycles. The van der Waals surface area contributed by atoms with Gasteiger partial charge in [-0.15, -0.1) is 0 Å². The van der Waals surface area contributed by atoms with Crippen molar-refractivity contribution in [1.29, 1.82) is 0 Å². The van der Waals surface area contributed by atoms with Crippen LogP contribution >= 0.6 is 0 Å². The molecule has 1 aliphatic carbocycles. The van der Waals surface area contributed by atoms with E-state index >= 15 is 0 Å². The van der Waals surface area contributed by atoms with Crippen LogP contribution in [0.4, 0.5) is 4.79 Å². The minimum Gasteiger partial charge on any atom is -0.444 e. The lowest BCUT2D eigenvalue weighted by molar-refractivity contribution is 0.0475. The SMILES string of the molecule is CC(C)(C)OC(=O)NCC1CN(CCN)CCC12CC2. The minimum absolute atomic E-state index is 0.302. The van der Waals surface area contributed by atoms with Gasteiger partial charge in [-0.25, -0.2) is 4.79 Å². The molecule has 1 spiro atoms. The topological polar surface area (TPSA) is 67.6 Å². The zero-order valence-corrected chi connectivity index (χ0v) is 13.1. The van der Waals surface area contributed by atoms with Crippen molar-refractivity contribution >= 4 is 6.09 Å². The maximum atomic E-state index is 11.8. The Hall–Kier alpha value is -0.810. The van der Waals surface area contributed by atoms with E-state index in [1.807, 2.05) is 20.8 Å². The number of carbonyl (C=O) groups is 1. The van der Waals surface area contributed by atoms with Gasteiger partial charge in [0.2, 0.25) is 0 Å². The Morgan fingerprint density at radius 2 is 2.10 bits per heavy atom. The molecule has 0 bridgehead atoms. The molecule has 0 radical (unpaired) electrons. The molecule has 2 aliphatic rings. The number of hydrogen-bond donors (Lipinski definition) is 2. The van der Waals surface area contributed by atoms with Gasteiger partial charge in [0, 0.05) is 26.2 Å². The molecule has 2 fully saturated rings. The molecule has 5 heteroatoms. The molecule has 1 unspecified atom stereocenters. The van der Waals surface area contributed by atoms with Crippen molar-refractivity contribution in [3.63, 3.8) is 0 Å². The van der Waals surface area contributed by atoms with Crippen molar-refractivity contribution in [1.82, 2.24) is 10.2 Å². The quantitative estimate of drug-likeness (QED) is 0.822. The molecule has 1 aliphatic heterocycles. The predicted molar refractivity (Wildman–Crippen MR) is 79.5 cm³/mol. The van der Waals surface area contributed by atoms with Gasteiger partial charge in [0.15, 0.2) is 0 Å². The third-order valence-electron chi connectivity index (χ3n) is 4.50. The Kier molecular flexibility index (Phi) is 4.59. The first kappa shape index (κ1) is 15.6. The number of nitrogens with two attached hydrogens (primary N) is 1. The van der Waals surface area contributed by atoms with Crippen LogP contribution in [0.3, 0.4) is 0 Å². The normalized spacial score (nSPS) is 25.5. The van der Waals surface area contributed by atoms with Gasteiger partial charge in [-0.3, -0.25) is 0 Å². The van der Waals surface area contributed by atoms with Crippen LogP contribution in [-0.2, 0) is 4.74 Å². The van der Waals surface area contributed by atoms with Crippen molar-refractivity contribution < 1.29 is 9.53 Å². The molecular formula is C15H29N3O2. The van der Waals surface area contributed by atoms with Gasteiger partial charge in [0.1, 0.15) is 5.60 Å². The summed E-state index contributed by atoms with van der Waals surface area (Å²) in [6.07, 6.45) is 3.56. The summed E-state index contributed by atoms with van der Waals surface area (Å²) in [5, 5.41) is 2.95. The Labute approximate surface area is 122 Å². The summed E-state index contributed by atoms with van der Waals surface area (Å²) in [5.41, 5.74) is 5.70. The Morgan fingerprint density at radius 3 is 2.65 bits per heavy atom. The van der Waals surface area contributed by atoms with Gasteiger partial charge >= 0.3 is 6.09 Å². The number of likely N-dealkylation sites (tertiary alicyclic amines) is 1. The maximum absolute atomic E-state index is 11.8. The van der Waals surface area contributed by atoms with Crippen molar-refractivity contribution in [2.75, 3.05) is 32.7 Å². The molecule has 116 valence electrons. The van der Waals surface area contributed by atoms with Crippen LogP contribution in [0.25, 0.3) is 0 Å². The Balaban J connectivity index is 1.82. The number of carbonyl (C=O) groups excluding carboxylic acids is 1. The summed E-state index contributed by atoms with van der Waals surface area (Å²) in [4.78, 5) is 14.2. The van der Waals surface area contributed by atoms with Crippen molar-refractivity contribution in [2.45, 2.75) is 45.6 Å². The van der Waals surface area contributed by atoms with Gasteiger partial charge in [0.05, 0.1) is 0 Å². The highest BCUT2D eigenvalue weighted by Crippen LogP contribution is 2.56. The molecule has 20 heavy (non-hydrogen) atoms. The molecule has 3 N–H and O–H groups in total. The van der Waals surface area contributed by atoms with Crippen molar-refractivity contribution in [2.24, 2.45) is 17.1 Å². The van der Waals surface area contributed by atoms with Gasteiger partial charge in [0.25, 0.3) is 0 Å². The fraction of sp³-hybridized carbons (Fsp3) is 0.933. The van der Waals surface area contributed by atoms with E-state index in [0.29, 0.717) is 17.9 Å². The third-order valence-corrected chi connectivity index (χ3v) is 4.50. The number of alkyl carbamates (subject to hydrolysis) is 1. The van der Waals surface area contributed by atoms with E-state index in [1.165, 1.54) is 19.3 Å². The second-order valence-electron chi connectivity index (χ2n) is 7.28. The maximum Gasteiger partial charge on any atom is 0.407 e. The summed E-state index contributed by atoms with van der Waals surface area (Å²) in [7, 11) is 0. The van der Waals surface area contributed by atoms with Crippen molar-refractivity contribution in [3.05, 3.63) is 0 Å². The molecule has 1 heterocycles. The number of nitrogens with one attached hydrogen (secondary N) is 1. The minimum atomic E-state index is -0.431. The number of rotatable bonds is 4. The van der Waals surface area contributed by atoms with Crippen LogP contribution in [-0.4, -0.2) is 49.3 Å². The summed E-state index contributed by atoms with van der Waals surface area (Å²) in [6, 6.07) is 0. The summed E-state index contributed by atoms with van der Waals surface area (Å²) in [6.45, 7) is 10.2. The smallest absolute Gasteiger partial charge is 0.407 e. The highest BCUT2D eigenvalue weighted by Gasteiger charge is 2.51. The first-order valence-corrected chi connectivity index (χ1v) is 7.74. The molecule has 0 aromatic rings. The number of hydrogen-bond acceptors (Lipinski definition) is 4. The molecule has 0 aromatic carbocycles. The predicted octanol–water partition coefficient (Wildman–Crippen LogP) is 1.57. The Morgan fingerprint density at radius 1 is 1.40 bits per heavy atom. The molecular weight excluding hydrogens is 254 g/mol. The largest absolute Gasteiger partial charge is 0.444 e. The summed E-state index contributed by atoms with van der Waals surface area (Å²) >= 11 is 0. The zero-order valence-electron chi connectivity index (χ0n) is 13.1. The highest BCUT2D eigenvalue weighted by molar-refractivity contribution is 5.67. The monoisotopic (exact) mass is 283 g/mol. The first-order chi connectivity index (χ1) is 9.35. The van der Waals surface area contributed by atoms with Gasteiger partial charge < -0.3 is 20.7 Å². The molecule has 2 rings (SSSR count). The number of nitrogens with zero attached hydrogens (tertiary/aromatic N) is 1. The molecule has 1 amide bonds. The number of amides is 1. The van der Waals surface area contributed by atoms with Gasteiger partial charge in [-0.2, -0.15) is 0 Å². The van der Waals surface area contributed by atoms with E-state index in [9.17, 15) is 4.79 Å². The van der Waals surface area contributed by atoms with Gasteiger partial charge in [-0.1, -0.05) is 0 Å². The fourth-order valence-corrected chi connectivity index (χ4v) is 3.19. The molecule has 5 nitrogen and oxygen atoms in total. The van der Waals surface area contributed by atoms with E-state index in [1.54, 1.807) is 0 Å². The lowest BCUT2D eigenvalue weighted by Crippen LogP contribution is -2.48. The van der Waals surface area contributed by atoms with Crippen LogP contribution in [0.15, 0.2) is 0 Å². The van der Waals surface area contributed by atoms with Crippen molar-refractivity contribution in [3.8, 4) is 0 Å². The standard InChI is InChI=1S/C15H29N3O2/c1-14(2,3)20-13(19)17-10-12-11-18(9-7-16)8-6-15(12)4-5-15/h12H,4-11,16H2,1-3H3,(H,17,19). The Bertz CT molecular complexity index is 348. The second-order valence-corrected chi connectivity index (χ2v) is 7.28. The molecule has 1 saturated heterocycles. The lowest BCUT2D eigenvalue weighted by atomic mass is 9.82. The van der Waals surface area contributed by atoms with E-state index in [4.69, 9.17) is 10.5 Å². The van der Waals surface area contributed by atoms with Crippen LogP contribution in [0.1, 0.15) is 40.0 Å². The van der Waals surface area contributed by atoms with E-state index in [2.05, 4.69) is 10.2 Å². The van der Waals surface area contributed by atoms with E-state index < -0.39 is 5.60 Å². The average Bonchev–Trinajstić information content (AvgIpc) is 3.09. The van der Waals surface area contributed by atoms with E-state index in [-0.39, 0.29) is 6.09 Å². The summed E-state index contributed by atoms with van der Waals surface area (Å²) < 4.78 is 5.31. The second kappa shape index (κ2) is 5.90. The average molecular weight is 283 g/mol. The van der Waals surface area contributed by atoms with Crippen LogP contribution in [0.5, 0.6) is 0 Å². The van der Waals surface area contributed by atoms with Crippen LogP contribution in [0, 0.1) is 11.3 Å².